The number of anilines is 2. The van der Waals surface area contributed by atoms with Gasteiger partial charge in [0.05, 0.1) is 0 Å². The number of hydrogen-bond acceptors (Lipinski definition) is 3. The Labute approximate surface area is 146 Å². The van der Waals surface area contributed by atoms with Gasteiger partial charge >= 0.3 is 6.03 Å². The molecule has 0 saturated carbocycles. The Morgan fingerprint density at radius 2 is 1.76 bits per heavy atom. The van der Waals surface area contributed by atoms with Gasteiger partial charge in [-0.3, -0.25) is 4.79 Å². The second-order valence-electron chi connectivity index (χ2n) is 5.35. The van der Waals surface area contributed by atoms with Crippen molar-refractivity contribution >= 4 is 23.3 Å². The quantitative estimate of drug-likeness (QED) is 0.677. The number of carbonyl (C=O) groups is 2. The van der Waals surface area contributed by atoms with Crippen LogP contribution in [0.15, 0.2) is 61.2 Å². The fourth-order valence-electron chi connectivity index (χ4n) is 2.03. The van der Waals surface area contributed by atoms with E-state index in [1.807, 2.05) is 25.1 Å². The van der Waals surface area contributed by atoms with Crippen LogP contribution in [0.4, 0.5) is 16.2 Å². The molecule has 2 aromatic carbocycles. The monoisotopic (exact) mass is 339 g/mol. The second-order valence-corrected chi connectivity index (χ2v) is 5.35. The predicted molar refractivity (Wildman–Crippen MR) is 99.0 cm³/mol. The molecule has 0 bridgehead atoms. The lowest BCUT2D eigenvalue weighted by Crippen LogP contribution is -2.28. The molecule has 0 saturated heterocycles. The fourth-order valence-corrected chi connectivity index (χ4v) is 2.03. The molecule has 25 heavy (non-hydrogen) atoms. The van der Waals surface area contributed by atoms with Gasteiger partial charge < -0.3 is 20.7 Å². The van der Waals surface area contributed by atoms with Crippen LogP contribution in [0.5, 0.6) is 5.75 Å². The molecule has 0 aliphatic rings. The summed E-state index contributed by atoms with van der Waals surface area (Å²) < 4.78 is 5.45. The van der Waals surface area contributed by atoms with Crippen LogP contribution in [-0.2, 0) is 4.79 Å². The van der Waals surface area contributed by atoms with Crippen molar-refractivity contribution in [2.75, 3.05) is 23.8 Å². The van der Waals surface area contributed by atoms with Crippen molar-refractivity contribution in [3.63, 3.8) is 0 Å². The standard InChI is InChI=1S/C19H21N3O3/c1-3-11-20-19(24)22-16-9-7-15(8-10-16)21-18(23)13-25-17-6-4-5-14(2)12-17/h3-10,12H,1,11,13H2,2H3,(H,21,23)(H2,20,22,24). The van der Waals surface area contributed by atoms with E-state index >= 15 is 0 Å². The number of urea groups is 1. The summed E-state index contributed by atoms with van der Waals surface area (Å²) in [4.78, 5) is 23.4. The Kier molecular flexibility index (Phi) is 6.59. The Bertz CT molecular complexity index is 742. The average Bonchev–Trinajstić information content (AvgIpc) is 2.60. The minimum absolute atomic E-state index is 0.0760. The number of rotatable bonds is 7. The zero-order valence-electron chi connectivity index (χ0n) is 14.0. The average molecular weight is 339 g/mol. The predicted octanol–water partition coefficient (Wildman–Crippen LogP) is 3.32. The molecule has 0 spiro atoms. The highest BCUT2D eigenvalue weighted by molar-refractivity contribution is 5.93. The van der Waals surface area contributed by atoms with Crippen molar-refractivity contribution < 1.29 is 14.3 Å². The molecular weight excluding hydrogens is 318 g/mol. The van der Waals surface area contributed by atoms with Gasteiger partial charge in [-0.2, -0.15) is 0 Å². The van der Waals surface area contributed by atoms with E-state index < -0.39 is 0 Å². The number of ether oxygens (including phenoxy) is 1. The molecule has 2 aromatic rings. The minimum Gasteiger partial charge on any atom is -0.484 e. The molecule has 0 fully saturated rings. The van der Waals surface area contributed by atoms with Crippen molar-refractivity contribution in [2.45, 2.75) is 6.92 Å². The molecule has 0 aliphatic heterocycles. The van der Waals surface area contributed by atoms with E-state index in [9.17, 15) is 9.59 Å². The van der Waals surface area contributed by atoms with Crippen LogP contribution in [0.25, 0.3) is 0 Å². The van der Waals surface area contributed by atoms with Crippen LogP contribution in [0.2, 0.25) is 0 Å². The van der Waals surface area contributed by atoms with Gasteiger partial charge in [0.15, 0.2) is 6.61 Å². The first kappa shape index (κ1) is 18.1. The third kappa shape index (κ3) is 6.39. The van der Waals surface area contributed by atoms with Crippen molar-refractivity contribution in [3.05, 3.63) is 66.7 Å². The van der Waals surface area contributed by atoms with Gasteiger partial charge in [0.25, 0.3) is 5.91 Å². The number of aryl methyl sites for hydroxylation is 1. The number of hydrogen-bond donors (Lipinski definition) is 3. The summed E-state index contributed by atoms with van der Waals surface area (Å²) in [6.07, 6.45) is 1.59. The number of benzene rings is 2. The number of amides is 3. The Morgan fingerprint density at radius 1 is 1.08 bits per heavy atom. The summed E-state index contributed by atoms with van der Waals surface area (Å²) >= 11 is 0. The molecule has 3 amide bonds. The highest BCUT2D eigenvalue weighted by Gasteiger charge is 2.05. The topological polar surface area (TPSA) is 79.5 Å². The molecule has 0 heterocycles. The third-order valence-corrected chi connectivity index (χ3v) is 3.19. The molecule has 0 aliphatic carbocycles. The van der Waals surface area contributed by atoms with E-state index in [0.717, 1.165) is 5.56 Å². The van der Waals surface area contributed by atoms with E-state index in [1.165, 1.54) is 0 Å². The van der Waals surface area contributed by atoms with Gasteiger partial charge in [-0.25, -0.2) is 4.79 Å². The van der Waals surface area contributed by atoms with Crippen LogP contribution in [0, 0.1) is 6.92 Å². The van der Waals surface area contributed by atoms with Crippen molar-refractivity contribution in [1.82, 2.24) is 5.32 Å². The van der Waals surface area contributed by atoms with E-state index in [0.29, 0.717) is 23.7 Å². The zero-order chi connectivity index (χ0) is 18.1. The summed E-state index contributed by atoms with van der Waals surface area (Å²) in [5.74, 6) is 0.395. The van der Waals surface area contributed by atoms with E-state index in [1.54, 1.807) is 36.4 Å². The first-order chi connectivity index (χ1) is 12.1. The maximum absolute atomic E-state index is 11.9. The highest BCUT2D eigenvalue weighted by atomic mass is 16.5. The second kappa shape index (κ2) is 9.12. The third-order valence-electron chi connectivity index (χ3n) is 3.19. The van der Waals surface area contributed by atoms with Crippen molar-refractivity contribution in [3.8, 4) is 5.75 Å². The van der Waals surface area contributed by atoms with Crippen molar-refractivity contribution in [2.24, 2.45) is 0 Å². The SMILES string of the molecule is C=CCNC(=O)Nc1ccc(NC(=O)COc2cccc(C)c2)cc1. The molecule has 130 valence electrons. The summed E-state index contributed by atoms with van der Waals surface area (Å²) in [5, 5.41) is 8.02. The Hall–Kier alpha value is -3.28. The highest BCUT2D eigenvalue weighted by Crippen LogP contribution is 2.14. The van der Waals surface area contributed by atoms with Gasteiger partial charge in [0, 0.05) is 17.9 Å². The number of carbonyl (C=O) groups excluding carboxylic acids is 2. The molecule has 0 unspecified atom stereocenters. The van der Waals surface area contributed by atoms with Crippen molar-refractivity contribution in [1.29, 1.82) is 0 Å². The number of nitrogens with one attached hydrogen (secondary N) is 3. The lowest BCUT2D eigenvalue weighted by molar-refractivity contribution is -0.118. The van der Waals surface area contributed by atoms with Gasteiger partial charge in [-0.15, -0.1) is 6.58 Å². The zero-order valence-corrected chi connectivity index (χ0v) is 14.0. The van der Waals surface area contributed by atoms with Gasteiger partial charge in [-0.05, 0) is 48.9 Å². The normalized spacial score (nSPS) is 9.80. The molecule has 0 atom stereocenters. The van der Waals surface area contributed by atoms with Gasteiger partial charge in [-0.1, -0.05) is 18.2 Å². The summed E-state index contributed by atoms with van der Waals surface area (Å²) in [7, 11) is 0. The summed E-state index contributed by atoms with van der Waals surface area (Å²) in [5.41, 5.74) is 2.31. The smallest absolute Gasteiger partial charge is 0.319 e. The van der Waals surface area contributed by atoms with Crippen LogP contribution < -0.4 is 20.7 Å². The first-order valence-corrected chi connectivity index (χ1v) is 7.82. The summed E-state index contributed by atoms with van der Waals surface area (Å²) in [6, 6.07) is 14.0. The lowest BCUT2D eigenvalue weighted by Gasteiger charge is -2.09. The Balaban J connectivity index is 1.80. The van der Waals surface area contributed by atoms with Gasteiger partial charge in [0.1, 0.15) is 5.75 Å². The van der Waals surface area contributed by atoms with E-state index in [2.05, 4.69) is 22.5 Å². The first-order valence-electron chi connectivity index (χ1n) is 7.82. The maximum Gasteiger partial charge on any atom is 0.319 e. The van der Waals surface area contributed by atoms with E-state index in [4.69, 9.17) is 4.74 Å². The van der Waals surface area contributed by atoms with Crippen LogP contribution in [0.3, 0.4) is 0 Å². The minimum atomic E-state index is -0.316. The van der Waals surface area contributed by atoms with Crippen LogP contribution in [0.1, 0.15) is 5.56 Å². The van der Waals surface area contributed by atoms with Crippen LogP contribution in [-0.4, -0.2) is 25.1 Å². The summed E-state index contributed by atoms with van der Waals surface area (Å²) in [6.45, 7) is 5.80. The molecule has 2 rings (SSSR count). The molecule has 6 nitrogen and oxygen atoms in total. The molecule has 6 heteroatoms. The molecule has 0 radical (unpaired) electrons. The molecular formula is C19H21N3O3. The van der Waals surface area contributed by atoms with Crippen LogP contribution >= 0.6 is 0 Å². The lowest BCUT2D eigenvalue weighted by atomic mass is 10.2. The fraction of sp³-hybridized carbons (Fsp3) is 0.158. The van der Waals surface area contributed by atoms with E-state index in [-0.39, 0.29) is 18.5 Å². The molecule has 0 aromatic heterocycles. The Morgan fingerprint density at radius 3 is 2.40 bits per heavy atom. The maximum atomic E-state index is 11.9. The van der Waals surface area contributed by atoms with Gasteiger partial charge in [0.2, 0.25) is 0 Å². The molecule has 3 N–H and O–H groups in total. The largest absolute Gasteiger partial charge is 0.484 e.